The Morgan fingerprint density at radius 3 is 2.75 bits per heavy atom. The second kappa shape index (κ2) is 6.40. The van der Waals surface area contributed by atoms with Gasteiger partial charge in [-0.05, 0) is 29.7 Å². The first-order chi connectivity index (χ1) is 13.6. The summed E-state index contributed by atoms with van der Waals surface area (Å²) < 4.78 is 15.3. The molecule has 0 saturated carbocycles. The zero-order chi connectivity index (χ0) is 19.3. The molecule has 2 aromatic rings. The Morgan fingerprint density at radius 1 is 1.18 bits per heavy atom. The Labute approximate surface area is 160 Å². The summed E-state index contributed by atoms with van der Waals surface area (Å²) in [6.07, 6.45) is 3.75. The van der Waals surface area contributed by atoms with Crippen LogP contribution in [0.15, 0.2) is 68.7 Å². The average molecular weight is 376 g/mol. The van der Waals surface area contributed by atoms with Gasteiger partial charge in [-0.15, -0.1) is 0 Å². The lowest BCUT2D eigenvalue weighted by Gasteiger charge is -2.36. The van der Waals surface area contributed by atoms with Crippen molar-refractivity contribution >= 4 is 11.5 Å². The van der Waals surface area contributed by atoms with E-state index in [1.165, 1.54) is 24.5 Å². The highest BCUT2D eigenvalue weighted by Crippen LogP contribution is 2.47. The summed E-state index contributed by atoms with van der Waals surface area (Å²) in [5.41, 5.74) is 4.37. The highest BCUT2D eigenvalue weighted by molar-refractivity contribution is 6.13. The van der Waals surface area contributed by atoms with Gasteiger partial charge in [0.1, 0.15) is 24.5 Å². The summed E-state index contributed by atoms with van der Waals surface area (Å²) in [6.45, 7) is 0.540. The molecule has 140 valence electrons. The van der Waals surface area contributed by atoms with Gasteiger partial charge in [0.05, 0.1) is 23.9 Å². The molecule has 3 aliphatic rings. The smallest absolute Gasteiger partial charge is 0.179 e. The number of ketones is 1. The minimum Gasteiger partial charge on any atom is -0.293 e. The van der Waals surface area contributed by atoms with E-state index in [4.69, 9.17) is 0 Å². The fourth-order valence-corrected chi connectivity index (χ4v) is 4.26. The average Bonchev–Trinajstić information content (AvgIpc) is 3.03. The van der Waals surface area contributed by atoms with Crippen LogP contribution in [0.1, 0.15) is 29.6 Å². The molecule has 0 bridgehead atoms. The molecular formula is C20H17FN6O. The van der Waals surface area contributed by atoms with Gasteiger partial charge in [0.25, 0.3) is 0 Å². The van der Waals surface area contributed by atoms with Crippen LogP contribution >= 0.6 is 0 Å². The molecule has 0 amide bonds. The summed E-state index contributed by atoms with van der Waals surface area (Å²) in [5, 5.41) is 12.7. The van der Waals surface area contributed by atoms with Crippen LogP contribution in [0.3, 0.4) is 0 Å². The zero-order valence-electron chi connectivity index (χ0n) is 15.2. The summed E-state index contributed by atoms with van der Waals surface area (Å²) in [6, 6.07) is 6.55. The molecule has 3 heterocycles. The van der Waals surface area contributed by atoms with Gasteiger partial charge < -0.3 is 0 Å². The highest BCUT2D eigenvalue weighted by Gasteiger charge is 2.42. The fourth-order valence-electron chi connectivity index (χ4n) is 4.26. The molecule has 5 rings (SSSR count). The van der Waals surface area contributed by atoms with E-state index in [1.807, 2.05) is 7.05 Å². The predicted molar refractivity (Wildman–Crippen MR) is 99.6 cm³/mol. The molecule has 2 aliphatic heterocycles. The van der Waals surface area contributed by atoms with Gasteiger partial charge >= 0.3 is 0 Å². The topological polar surface area (TPSA) is 84.9 Å². The summed E-state index contributed by atoms with van der Waals surface area (Å²) >= 11 is 0. The molecular weight excluding hydrogens is 359 g/mol. The van der Waals surface area contributed by atoms with Crippen molar-refractivity contribution in [1.82, 2.24) is 14.8 Å². The van der Waals surface area contributed by atoms with Gasteiger partial charge in [-0.1, -0.05) is 12.1 Å². The van der Waals surface area contributed by atoms with E-state index in [0.29, 0.717) is 18.7 Å². The maximum Gasteiger partial charge on any atom is 0.179 e. The number of aromatic nitrogens is 3. The lowest BCUT2D eigenvalue weighted by atomic mass is 9.70. The SMILES string of the molecule is Cn1ncnc1C1C2=NCC(=O)C=C3N=NCC(=C32)CC1c1ccc(F)cc1. The molecule has 0 N–H and O–H groups in total. The van der Waals surface area contributed by atoms with Crippen molar-refractivity contribution in [3.63, 3.8) is 0 Å². The minimum atomic E-state index is -0.274. The third-order valence-corrected chi connectivity index (χ3v) is 5.49. The van der Waals surface area contributed by atoms with E-state index in [0.717, 1.165) is 28.2 Å². The lowest BCUT2D eigenvalue weighted by molar-refractivity contribution is -0.113. The molecule has 0 saturated heterocycles. The number of benzene rings is 1. The molecule has 8 heteroatoms. The van der Waals surface area contributed by atoms with Crippen LogP contribution in [-0.2, 0) is 11.8 Å². The first-order valence-corrected chi connectivity index (χ1v) is 9.10. The van der Waals surface area contributed by atoms with Crippen molar-refractivity contribution in [3.05, 3.63) is 70.7 Å². The van der Waals surface area contributed by atoms with Gasteiger partial charge in [-0.2, -0.15) is 15.3 Å². The van der Waals surface area contributed by atoms with E-state index in [9.17, 15) is 9.18 Å². The van der Waals surface area contributed by atoms with Crippen molar-refractivity contribution in [2.24, 2.45) is 22.3 Å². The van der Waals surface area contributed by atoms with Crippen LogP contribution in [0.5, 0.6) is 0 Å². The van der Waals surface area contributed by atoms with Crippen LogP contribution in [0.2, 0.25) is 0 Å². The summed E-state index contributed by atoms with van der Waals surface area (Å²) in [4.78, 5) is 21.4. The monoisotopic (exact) mass is 376 g/mol. The first kappa shape index (κ1) is 16.9. The number of hydrogen-bond donors (Lipinski definition) is 0. The molecule has 2 unspecified atom stereocenters. The van der Waals surface area contributed by atoms with E-state index in [1.54, 1.807) is 16.8 Å². The van der Waals surface area contributed by atoms with Crippen LogP contribution in [-0.4, -0.2) is 39.3 Å². The van der Waals surface area contributed by atoms with Gasteiger partial charge in [-0.25, -0.2) is 9.37 Å². The van der Waals surface area contributed by atoms with E-state index in [-0.39, 0.29) is 30.0 Å². The Balaban J connectivity index is 1.73. The largest absolute Gasteiger partial charge is 0.293 e. The van der Waals surface area contributed by atoms with Crippen molar-refractivity contribution < 1.29 is 9.18 Å². The molecule has 28 heavy (non-hydrogen) atoms. The first-order valence-electron chi connectivity index (χ1n) is 9.10. The quantitative estimate of drug-likeness (QED) is 0.808. The number of aryl methyl sites for hydroxylation is 1. The summed E-state index contributed by atoms with van der Waals surface area (Å²) in [5.74, 6) is 0.169. The van der Waals surface area contributed by atoms with E-state index < -0.39 is 0 Å². The normalized spacial score (nSPS) is 23.9. The Bertz CT molecular complexity index is 1090. The number of hydrogen-bond acceptors (Lipinski definition) is 6. The number of nitrogens with zero attached hydrogens (tertiary/aromatic N) is 6. The van der Waals surface area contributed by atoms with Crippen LogP contribution in [0.25, 0.3) is 0 Å². The number of allylic oxidation sites excluding steroid dienone is 1. The molecule has 2 atom stereocenters. The van der Waals surface area contributed by atoms with Gasteiger partial charge in [0.15, 0.2) is 5.78 Å². The third-order valence-electron chi connectivity index (χ3n) is 5.49. The summed E-state index contributed by atoms with van der Waals surface area (Å²) in [7, 11) is 1.84. The lowest BCUT2D eigenvalue weighted by Crippen LogP contribution is -2.32. The Morgan fingerprint density at radius 2 is 2.00 bits per heavy atom. The maximum absolute atomic E-state index is 13.5. The number of rotatable bonds is 2. The van der Waals surface area contributed by atoms with Crippen molar-refractivity contribution in [2.45, 2.75) is 18.3 Å². The van der Waals surface area contributed by atoms with E-state index in [2.05, 4.69) is 25.3 Å². The zero-order valence-corrected chi connectivity index (χ0v) is 15.2. The number of azo groups is 1. The molecule has 1 aromatic heterocycles. The van der Waals surface area contributed by atoms with Crippen LogP contribution in [0.4, 0.5) is 4.39 Å². The van der Waals surface area contributed by atoms with Crippen molar-refractivity contribution in [1.29, 1.82) is 0 Å². The van der Waals surface area contributed by atoms with E-state index >= 15 is 0 Å². The number of aliphatic imine (C=N–C) groups is 1. The van der Waals surface area contributed by atoms with Gasteiger partial charge in [0, 0.05) is 24.6 Å². The number of halogens is 1. The van der Waals surface area contributed by atoms with Gasteiger partial charge in [-0.3, -0.25) is 14.5 Å². The number of carbonyl (C=O) groups is 1. The second-order valence-corrected chi connectivity index (χ2v) is 7.16. The molecule has 0 radical (unpaired) electrons. The van der Waals surface area contributed by atoms with Crippen molar-refractivity contribution in [3.8, 4) is 0 Å². The van der Waals surface area contributed by atoms with Crippen molar-refractivity contribution in [2.75, 3.05) is 13.1 Å². The Kier molecular flexibility index (Phi) is 3.85. The molecule has 0 fully saturated rings. The maximum atomic E-state index is 13.5. The number of carbonyl (C=O) groups excluding carboxylic acids is 1. The highest BCUT2D eigenvalue weighted by atomic mass is 19.1. The minimum absolute atomic E-state index is 0.0104. The Hall–Kier alpha value is -3.29. The second-order valence-electron chi connectivity index (χ2n) is 7.16. The molecule has 0 spiro atoms. The standard InChI is InChI=1S/C20H17FN6O/c1-27-20(23-10-25-27)18-15(11-2-4-13(21)5-3-11)6-12-8-24-26-16-7-14(28)9-22-19(18)17(12)16/h2-5,7,10,15,18H,6,8-9H2,1H3. The molecule has 1 aliphatic carbocycles. The molecule has 7 nitrogen and oxygen atoms in total. The van der Waals surface area contributed by atoms with Gasteiger partial charge in [0.2, 0.25) is 0 Å². The fraction of sp³-hybridized carbons (Fsp3) is 0.300. The van der Waals surface area contributed by atoms with Crippen LogP contribution < -0.4 is 0 Å². The molecule has 1 aromatic carbocycles. The van der Waals surface area contributed by atoms with Crippen LogP contribution in [0, 0.1) is 5.82 Å². The predicted octanol–water partition coefficient (Wildman–Crippen LogP) is 2.90. The third kappa shape index (κ3) is 2.64.